The summed E-state index contributed by atoms with van der Waals surface area (Å²) in [6.07, 6.45) is 4.79. The van der Waals surface area contributed by atoms with Gasteiger partial charge in [0.25, 0.3) is 0 Å². The number of hydrogen-bond donors (Lipinski definition) is 1. The summed E-state index contributed by atoms with van der Waals surface area (Å²) >= 11 is 1.70. The molecule has 2 heterocycles. The van der Waals surface area contributed by atoms with E-state index in [9.17, 15) is 0 Å². The summed E-state index contributed by atoms with van der Waals surface area (Å²) in [5.41, 5.74) is 2.22. The summed E-state index contributed by atoms with van der Waals surface area (Å²) in [4.78, 5) is 8.66. The molecule has 0 fully saturated rings. The number of rotatable bonds is 6. The Morgan fingerprint density at radius 3 is 2.89 bits per heavy atom. The van der Waals surface area contributed by atoms with Crippen LogP contribution in [-0.2, 0) is 5.75 Å². The van der Waals surface area contributed by atoms with Crippen LogP contribution in [0, 0.1) is 0 Å². The van der Waals surface area contributed by atoms with Gasteiger partial charge in [-0.1, -0.05) is 13.0 Å². The van der Waals surface area contributed by atoms with Gasteiger partial charge in [-0.15, -0.1) is 11.8 Å². The second-order valence-corrected chi connectivity index (χ2v) is 4.91. The van der Waals surface area contributed by atoms with E-state index in [1.807, 2.05) is 36.7 Å². The largest absolute Gasteiger partial charge is 0.385 e. The zero-order chi connectivity index (χ0) is 12.6. The third kappa shape index (κ3) is 4.04. The van der Waals surface area contributed by atoms with Crippen molar-refractivity contribution in [3.63, 3.8) is 0 Å². The quantitative estimate of drug-likeness (QED) is 0.804. The second-order valence-electron chi connectivity index (χ2n) is 3.92. The molecule has 94 valence electrons. The summed E-state index contributed by atoms with van der Waals surface area (Å²) in [5.74, 6) is 0.846. The van der Waals surface area contributed by atoms with Gasteiger partial charge in [-0.05, 0) is 30.7 Å². The van der Waals surface area contributed by atoms with E-state index >= 15 is 0 Å². The Morgan fingerprint density at radius 2 is 2.11 bits per heavy atom. The molecule has 2 aromatic rings. The fraction of sp³-hybridized carbons (Fsp3) is 0.286. The van der Waals surface area contributed by atoms with E-state index < -0.39 is 0 Å². The summed E-state index contributed by atoms with van der Waals surface area (Å²) < 4.78 is 0. The minimum atomic E-state index is 0.846. The standard InChI is InChI=1S/C14H17N3S/c1-2-7-15-12-6-9-16-13(10-12)11-18-14-5-3-4-8-17-14/h3-6,8-10H,2,7,11H2,1H3,(H,15,16). The minimum Gasteiger partial charge on any atom is -0.385 e. The molecule has 0 amide bonds. The van der Waals surface area contributed by atoms with E-state index in [1.54, 1.807) is 11.8 Å². The normalized spacial score (nSPS) is 10.3. The van der Waals surface area contributed by atoms with Gasteiger partial charge in [0.15, 0.2) is 0 Å². The SMILES string of the molecule is CCCNc1ccnc(CSc2ccccn2)c1. The highest BCUT2D eigenvalue weighted by atomic mass is 32.2. The number of anilines is 1. The van der Waals surface area contributed by atoms with Crippen molar-refractivity contribution in [3.05, 3.63) is 48.4 Å². The first-order chi connectivity index (χ1) is 8.88. The first-order valence-electron chi connectivity index (χ1n) is 6.11. The van der Waals surface area contributed by atoms with E-state index in [1.165, 1.54) is 0 Å². The van der Waals surface area contributed by atoms with Crippen LogP contribution in [0.2, 0.25) is 0 Å². The van der Waals surface area contributed by atoms with Crippen LogP contribution in [-0.4, -0.2) is 16.5 Å². The molecule has 4 heteroatoms. The van der Waals surface area contributed by atoms with Gasteiger partial charge in [0, 0.05) is 30.4 Å². The molecule has 0 saturated heterocycles. The number of aromatic nitrogens is 2. The predicted molar refractivity (Wildman–Crippen MR) is 76.8 cm³/mol. The maximum absolute atomic E-state index is 4.37. The maximum Gasteiger partial charge on any atom is 0.0963 e. The van der Waals surface area contributed by atoms with Crippen molar-refractivity contribution in [2.24, 2.45) is 0 Å². The van der Waals surface area contributed by atoms with Gasteiger partial charge < -0.3 is 5.32 Å². The highest BCUT2D eigenvalue weighted by Gasteiger charge is 1.99. The number of pyridine rings is 2. The molecule has 0 radical (unpaired) electrons. The number of thioether (sulfide) groups is 1. The number of nitrogens with one attached hydrogen (secondary N) is 1. The van der Waals surface area contributed by atoms with Gasteiger partial charge in [-0.3, -0.25) is 4.98 Å². The molecule has 0 aliphatic rings. The lowest BCUT2D eigenvalue weighted by Crippen LogP contribution is -2.00. The highest BCUT2D eigenvalue weighted by molar-refractivity contribution is 7.98. The van der Waals surface area contributed by atoms with Crippen molar-refractivity contribution in [1.29, 1.82) is 0 Å². The molecule has 0 bridgehead atoms. The predicted octanol–water partition coefficient (Wildman–Crippen LogP) is 3.59. The van der Waals surface area contributed by atoms with E-state index in [0.29, 0.717) is 0 Å². The first-order valence-corrected chi connectivity index (χ1v) is 7.09. The van der Waals surface area contributed by atoms with Crippen LogP contribution in [0.1, 0.15) is 19.0 Å². The van der Waals surface area contributed by atoms with Crippen molar-refractivity contribution in [1.82, 2.24) is 9.97 Å². The van der Waals surface area contributed by atoms with Crippen LogP contribution in [0.5, 0.6) is 0 Å². The minimum absolute atomic E-state index is 0.846. The monoisotopic (exact) mass is 259 g/mol. The average Bonchev–Trinajstić information content (AvgIpc) is 2.44. The Morgan fingerprint density at radius 1 is 1.17 bits per heavy atom. The number of hydrogen-bond acceptors (Lipinski definition) is 4. The van der Waals surface area contributed by atoms with Gasteiger partial charge >= 0.3 is 0 Å². The van der Waals surface area contributed by atoms with E-state index in [0.717, 1.165) is 35.1 Å². The fourth-order valence-corrected chi connectivity index (χ4v) is 2.28. The van der Waals surface area contributed by atoms with Crippen LogP contribution in [0.3, 0.4) is 0 Å². The summed E-state index contributed by atoms with van der Waals surface area (Å²) in [6.45, 7) is 3.16. The van der Waals surface area contributed by atoms with Gasteiger partial charge in [0.2, 0.25) is 0 Å². The van der Waals surface area contributed by atoms with Gasteiger partial charge in [-0.2, -0.15) is 0 Å². The van der Waals surface area contributed by atoms with Crippen LogP contribution in [0.25, 0.3) is 0 Å². The van der Waals surface area contributed by atoms with Crippen molar-refractivity contribution >= 4 is 17.4 Å². The van der Waals surface area contributed by atoms with Crippen LogP contribution < -0.4 is 5.32 Å². The van der Waals surface area contributed by atoms with E-state index in [2.05, 4.69) is 28.3 Å². The molecule has 2 rings (SSSR count). The molecule has 0 atom stereocenters. The Labute approximate surface area is 112 Å². The molecular formula is C14H17N3S. The Kier molecular flexibility index (Phi) is 5.02. The van der Waals surface area contributed by atoms with E-state index in [4.69, 9.17) is 0 Å². The molecule has 0 unspecified atom stereocenters. The maximum atomic E-state index is 4.37. The third-order valence-corrected chi connectivity index (χ3v) is 3.38. The lowest BCUT2D eigenvalue weighted by Gasteiger charge is -2.06. The lowest BCUT2D eigenvalue weighted by atomic mass is 10.3. The molecule has 0 saturated carbocycles. The lowest BCUT2D eigenvalue weighted by molar-refractivity contribution is 0.977. The average molecular weight is 259 g/mol. The Bertz CT molecular complexity index is 473. The van der Waals surface area contributed by atoms with Crippen molar-refractivity contribution in [3.8, 4) is 0 Å². The van der Waals surface area contributed by atoms with Crippen LogP contribution >= 0.6 is 11.8 Å². The molecule has 1 N–H and O–H groups in total. The molecule has 2 aromatic heterocycles. The fourth-order valence-electron chi connectivity index (χ4n) is 1.52. The molecule has 0 aromatic carbocycles. The van der Waals surface area contributed by atoms with Gasteiger partial charge in [-0.25, -0.2) is 4.98 Å². The Balaban J connectivity index is 1.93. The first kappa shape index (κ1) is 12.9. The smallest absolute Gasteiger partial charge is 0.0963 e. The molecule has 0 aliphatic carbocycles. The van der Waals surface area contributed by atoms with Crippen LogP contribution in [0.15, 0.2) is 47.8 Å². The molecule has 0 spiro atoms. The van der Waals surface area contributed by atoms with Crippen molar-refractivity contribution in [2.75, 3.05) is 11.9 Å². The highest BCUT2D eigenvalue weighted by Crippen LogP contribution is 2.20. The third-order valence-electron chi connectivity index (χ3n) is 2.40. The Hall–Kier alpha value is -1.55. The topological polar surface area (TPSA) is 37.8 Å². The number of nitrogens with zero attached hydrogens (tertiary/aromatic N) is 2. The van der Waals surface area contributed by atoms with E-state index in [-0.39, 0.29) is 0 Å². The van der Waals surface area contributed by atoms with Gasteiger partial charge in [0.05, 0.1) is 10.7 Å². The zero-order valence-electron chi connectivity index (χ0n) is 10.5. The molecule has 18 heavy (non-hydrogen) atoms. The van der Waals surface area contributed by atoms with Crippen molar-refractivity contribution < 1.29 is 0 Å². The van der Waals surface area contributed by atoms with Crippen molar-refractivity contribution in [2.45, 2.75) is 24.1 Å². The summed E-state index contributed by atoms with van der Waals surface area (Å²) in [5, 5.41) is 4.40. The summed E-state index contributed by atoms with van der Waals surface area (Å²) in [7, 11) is 0. The van der Waals surface area contributed by atoms with Gasteiger partial charge in [0.1, 0.15) is 0 Å². The summed E-state index contributed by atoms with van der Waals surface area (Å²) in [6, 6.07) is 10.1. The zero-order valence-corrected chi connectivity index (χ0v) is 11.3. The molecular weight excluding hydrogens is 242 g/mol. The molecule has 0 aliphatic heterocycles. The van der Waals surface area contributed by atoms with Crippen LogP contribution in [0.4, 0.5) is 5.69 Å². The second kappa shape index (κ2) is 7.01. The molecule has 3 nitrogen and oxygen atoms in total.